The lowest BCUT2D eigenvalue weighted by molar-refractivity contribution is -0.131. The highest BCUT2D eigenvalue weighted by Gasteiger charge is 2.11. The minimum atomic E-state index is -0.743. The van der Waals surface area contributed by atoms with E-state index >= 15 is 0 Å². The number of nitrogens with one attached hydrogen (secondary N) is 1. The van der Waals surface area contributed by atoms with Gasteiger partial charge in [0.1, 0.15) is 18.2 Å². The molecule has 26 heavy (non-hydrogen) atoms. The summed E-state index contributed by atoms with van der Waals surface area (Å²) >= 11 is 0. The van der Waals surface area contributed by atoms with Gasteiger partial charge in [0, 0.05) is 18.2 Å². The molecule has 2 aromatic carbocycles. The van der Waals surface area contributed by atoms with Gasteiger partial charge in [-0.3, -0.25) is 9.59 Å². The number of ether oxygens (including phenoxy) is 1. The summed E-state index contributed by atoms with van der Waals surface area (Å²) in [6, 6.07) is 12.4. The molecule has 0 saturated carbocycles. The third-order valence-electron chi connectivity index (χ3n) is 3.22. The second-order valence-electron chi connectivity index (χ2n) is 5.21. The molecule has 6 heteroatoms. The van der Waals surface area contributed by atoms with Crippen LogP contribution in [0.4, 0.5) is 8.78 Å². The summed E-state index contributed by atoms with van der Waals surface area (Å²) in [7, 11) is 0. The number of benzene rings is 2. The first-order valence-corrected chi connectivity index (χ1v) is 8.38. The van der Waals surface area contributed by atoms with Crippen LogP contribution in [0.25, 0.3) is 0 Å². The first kappa shape index (κ1) is 21.4. The summed E-state index contributed by atoms with van der Waals surface area (Å²) < 4.78 is 31.4. The van der Waals surface area contributed by atoms with Gasteiger partial charge < -0.3 is 10.1 Å². The van der Waals surface area contributed by atoms with Crippen molar-refractivity contribution in [2.75, 3.05) is 6.61 Å². The number of amides is 1. The van der Waals surface area contributed by atoms with Gasteiger partial charge in [-0.25, -0.2) is 8.78 Å². The van der Waals surface area contributed by atoms with E-state index in [4.69, 9.17) is 4.74 Å². The van der Waals surface area contributed by atoms with Gasteiger partial charge in [-0.2, -0.15) is 0 Å². The molecule has 0 spiro atoms. The largest absolute Gasteiger partial charge is 0.369 e. The fraction of sp³-hybridized carbons (Fsp3) is 0.300. The summed E-state index contributed by atoms with van der Waals surface area (Å²) in [5.41, 5.74) is 1.08. The van der Waals surface area contributed by atoms with Crippen molar-refractivity contribution in [1.29, 1.82) is 0 Å². The standard InChI is InChI=1S/C18H17F2NO3.C2H6/c19-15-7-6-14(17(20)8-15)10-21-18(23)9-16(22)12-24-11-13-4-2-1-3-5-13;1-2/h1-8H,9-12H2,(H,21,23);1-2H3. The van der Waals surface area contributed by atoms with Gasteiger partial charge >= 0.3 is 0 Å². The Morgan fingerprint density at radius 1 is 1.04 bits per heavy atom. The van der Waals surface area contributed by atoms with E-state index in [0.29, 0.717) is 0 Å². The Bertz CT molecular complexity index is 705. The number of Topliss-reactive ketones (excluding diaryl/α,β-unsaturated/α-hetero) is 1. The Balaban J connectivity index is 0.00000163. The molecule has 0 fully saturated rings. The minimum Gasteiger partial charge on any atom is -0.369 e. The van der Waals surface area contributed by atoms with Gasteiger partial charge in [0.05, 0.1) is 13.0 Å². The molecule has 0 aliphatic rings. The highest BCUT2D eigenvalue weighted by molar-refractivity contribution is 5.98. The fourth-order valence-corrected chi connectivity index (χ4v) is 2.01. The zero-order valence-corrected chi connectivity index (χ0v) is 14.9. The third-order valence-corrected chi connectivity index (χ3v) is 3.22. The zero-order chi connectivity index (χ0) is 19.4. The van der Waals surface area contributed by atoms with Crippen LogP contribution in [-0.2, 0) is 27.5 Å². The maximum atomic E-state index is 13.4. The topological polar surface area (TPSA) is 55.4 Å². The third kappa shape index (κ3) is 7.98. The Labute approximate surface area is 152 Å². The van der Waals surface area contributed by atoms with Gasteiger partial charge in [0.2, 0.25) is 5.91 Å². The first-order valence-electron chi connectivity index (χ1n) is 8.38. The van der Waals surface area contributed by atoms with Crippen LogP contribution in [0.3, 0.4) is 0 Å². The average molecular weight is 363 g/mol. The molecule has 0 aliphatic carbocycles. The molecule has 0 radical (unpaired) electrons. The van der Waals surface area contributed by atoms with Crippen molar-refractivity contribution in [3.8, 4) is 0 Å². The molecule has 0 atom stereocenters. The van der Waals surface area contributed by atoms with Gasteiger partial charge in [0.25, 0.3) is 0 Å². The maximum Gasteiger partial charge on any atom is 0.227 e. The van der Waals surface area contributed by atoms with Gasteiger partial charge in [-0.15, -0.1) is 0 Å². The van der Waals surface area contributed by atoms with Gasteiger partial charge in [0.15, 0.2) is 5.78 Å². The monoisotopic (exact) mass is 363 g/mol. The van der Waals surface area contributed by atoms with Crippen LogP contribution < -0.4 is 5.32 Å². The molecule has 1 N–H and O–H groups in total. The number of hydrogen-bond donors (Lipinski definition) is 1. The van der Waals surface area contributed by atoms with Crippen molar-refractivity contribution >= 4 is 11.7 Å². The molecule has 140 valence electrons. The highest BCUT2D eigenvalue weighted by Crippen LogP contribution is 2.09. The Hall–Kier alpha value is -2.60. The lowest BCUT2D eigenvalue weighted by atomic mass is 10.2. The quantitative estimate of drug-likeness (QED) is 0.726. The van der Waals surface area contributed by atoms with Crippen LogP contribution in [0.5, 0.6) is 0 Å². The van der Waals surface area contributed by atoms with Gasteiger partial charge in [-0.05, 0) is 11.6 Å². The van der Waals surface area contributed by atoms with Crippen LogP contribution in [-0.4, -0.2) is 18.3 Å². The lowest BCUT2D eigenvalue weighted by Crippen LogP contribution is -2.27. The molecular formula is C20H23F2NO3. The molecule has 0 unspecified atom stereocenters. The number of hydrogen-bond acceptors (Lipinski definition) is 3. The zero-order valence-electron chi connectivity index (χ0n) is 14.9. The number of halogens is 2. The van der Waals surface area contributed by atoms with E-state index in [2.05, 4.69) is 5.32 Å². The Morgan fingerprint density at radius 2 is 1.73 bits per heavy atom. The van der Waals surface area contributed by atoms with E-state index in [1.165, 1.54) is 6.07 Å². The second-order valence-corrected chi connectivity index (χ2v) is 5.21. The summed E-state index contributed by atoms with van der Waals surface area (Å²) in [4.78, 5) is 23.3. The normalized spacial score (nSPS) is 9.85. The van der Waals surface area contributed by atoms with E-state index in [-0.39, 0.29) is 37.5 Å². The van der Waals surface area contributed by atoms with Crippen LogP contribution >= 0.6 is 0 Å². The smallest absolute Gasteiger partial charge is 0.227 e. The van der Waals surface area contributed by atoms with Crippen LogP contribution in [0.2, 0.25) is 0 Å². The molecule has 0 heterocycles. The van der Waals surface area contributed by atoms with Crippen molar-refractivity contribution < 1.29 is 23.1 Å². The maximum absolute atomic E-state index is 13.4. The predicted molar refractivity (Wildman–Crippen MR) is 95.3 cm³/mol. The number of ketones is 1. The molecule has 0 bridgehead atoms. The van der Waals surface area contributed by atoms with Crippen LogP contribution in [0.15, 0.2) is 48.5 Å². The van der Waals surface area contributed by atoms with Crippen LogP contribution in [0, 0.1) is 11.6 Å². The molecular weight excluding hydrogens is 340 g/mol. The number of carbonyl (C=O) groups excluding carboxylic acids is 2. The van der Waals surface area contributed by atoms with Crippen molar-refractivity contribution in [2.45, 2.75) is 33.4 Å². The highest BCUT2D eigenvalue weighted by atomic mass is 19.1. The first-order chi connectivity index (χ1) is 12.5. The molecule has 0 saturated heterocycles. The van der Waals surface area contributed by atoms with E-state index in [1.54, 1.807) is 0 Å². The lowest BCUT2D eigenvalue weighted by Gasteiger charge is -2.07. The molecule has 1 amide bonds. The fourth-order valence-electron chi connectivity index (χ4n) is 2.01. The predicted octanol–water partition coefficient (Wildman–Crippen LogP) is 3.78. The van der Waals surface area contributed by atoms with Gasteiger partial charge in [-0.1, -0.05) is 50.2 Å². The van der Waals surface area contributed by atoms with E-state index in [0.717, 1.165) is 17.7 Å². The Morgan fingerprint density at radius 3 is 2.38 bits per heavy atom. The molecule has 4 nitrogen and oxygen atoms in total. The second kappa shape index (κ2) is 11.9. The van der Waals surface area contributed by atoms with Crippen molar-refractivity contribution in [3.05, 3.63) is 71.3 Å². The summed E-state index contributed by atoms with van der Waals surface area (Å²) in [6.45, 7) is 4.01. The van der Waals surface area contributed by atoms with Crippen LogP contribution in [0.1, 0.15) is 31.4 Å². The molecule has 2 aromatic rings. The summed E-state index contributed by atoms with van der Waals surface area (Å²) in [5.74, 6) is -2.34. The van der Waals surface area contributed by atoms with E-state index < -0.39 is 17.5 Å². The summed E-state index contributed by atoms with van der Waals surface area (Å²) in [6.07, 6.45) is -0.350. The van der Waals surface area contributed by atoms with E-state index in [1.807, 2.05) is 44.2 Å². The van der Waals surface area contributed by atoms with Crippen molar-refractivity contribution in [2.24, 2.45) is 0 Å². The van der Waals surface area contributed by atoms with E-state index in [9.17, 15) is 18.4 Å². The number of rotatable bonds is 8. The van der Waals surface area contributed by atoms with Crippen molar-refractivity contribution in [3.63, 3.8) is 0 Å². The SMILES string of the molecule is CC.O=C(COCc1ccccc1)CC(=O)NCc1ccc(F)cc1F. The molecule has 2 rings (SSSR count). The van der Waals surface area contributed by atoms with Crippen molar-refractivity contribution in [1.82, 2.24) is 5.32 Å². The Kier molecular flexibility index (Phi) is 9.79. The number of carbonyl (C=O) groups is 2. The average Bonchev–Trinajstić information content (AvgIpc) is 2.63. The summed E-state index contributed by atoms with van der Waals surface area (Å²) in [5, 5.41) is 2.42. The molecule has 0 aliphatic heterocycles. The molecule has 0 aromatic heterocycles. The minimum absolute atomic E-state index is 0.108.